The Labute approximate surface area is 130 Å². The van der Waals surface area contributed by atoms with E-state index < -0.39 is 0 Å². The Morgan fingerprint density at radius 2 is 2.18 bits per heavy atom. The summed E-state index contributed by atoms with van der Waals surface area (Å²) < 4.78 is 6.92. The maximum Gasteiger partial charge on any atom is 0.302 e. The van der Waals surface area contributed by atoms with Crippen molar-refractivity contribution in [1.82, 2.24) is 14.5 Å². The lowest BCUT2D eigenvalue weighted by Gasteiger charge is -2.05. The van der Waals surface area contributed by atoms with Gasteiger partial charge in [0.25, 0.3) is 5.56 Å². The first kappa shape index (κ1) is 14.6. The fourth-order valence-corrected chi connectivity index (χ4v) is 3.65. The van der Waals surface area contributed by atoms with Gasteiger partial charge in [-0.15, -0.1) is 11.3 Å². The van der Waals surface area contributed by atoms with Crippen LogP contribution in [0.1, 0.15) is 18.2 Å². The van der Waals surface area contributed by atoms with Gasteiger partial charge in [-0.2, -0.15) is 0 Å². The second kappa shape index (κ2) is 5.49. The standard InChI is InChI=1S/C15H15N3O3S/c1-8-6-9(2)17-14-11(8)12-13(22-14)15(20)18(7-16-12)4-5-21-10(3)19/h6-7H,4-5H2,1-3H3. The zero-order valence-electron chi connectivity index (χ0n) is 12.5. The van der Waals surface area contributed by atoms with Crippen molar-refractivity contribution in [3.8, 4) is 0 Å². The molecular formula is C15H15N3O3S. The van der Waals surface area contributed by atoms with Gasteiger partial charge in [0.15, 0.2) is 0 Å². The lowest BCUT2D eigenvalue weighted by molar-refractivity contribution is -0.141. The molecule has 0 aromatic carbocycles. The van der Waals surface area contributed by atoms with E-state index in [1.54, 1.807) is 0 Å². The minimum Gasteiger partial charge on any atom is -0.464 e. The number of esters is 1. The molecule has 6 nitrogen and oxygen atoms in total. The SMILES string of the molecule is CC(=O)OCCn1cnc2c(sc3nc(C)cc(C)c32)c1=O. The van der Waals surface area contributed by atoms with Crippen molar-refractivity contribution in [2.45, 2.75) is 27.3 Å². The van der Waals surface area contributed by atoms with Gasteiger partial charge in [-0.05, 0) is 25.5 Å². The molecule has 3 aromatic rings. The monoisotopic (exact) mass is 317 g/mol. The lowest BCUT2D eigenvalue weighted by Crippen LogP contribution is -2.22. The molecule has 0 amide bonds. The largest absolute Gasteiger partial charge is 0.464 e. The molecule has 0 aliphatic rings. The van der Waals surface area contributed by atoms with Crippen LogP contribution in [0, 0.1) is 13.8 Å². The van der Waals surface area contributed by atoms with Gasteiger partial charge >= 0.3 is 5.97 Å². The van der Waals surface area contributed by atoms with Crippen LogP contribution in [0.4, 0.5) is 0 Å². The summed E-state index contributed by atoms with van der Waals surface area (Å²) in [4.78, 5) is 33.1. The molecule has 0 spiro atoms. The molecule has 0 radical (unpaired) electrons. The van der Waals surface area contributed by atoms with Gasteiger partial charge in [0.1, 0.15) is 16.1 Å². The van der Waals surface area contributed by atoms with Gasteiger partial charge in [-0.25, -0.2) is 9.97 Å². The maximum atomic E-state index is 12.5. The molecule has 0 fully saturated rings. The number of aromatic nitrogens is 3. The number of rotatable bonds is 3. The van der Waals surface area contributed by atoms with Gasteiger partial charge in [-0.1, -0.05) is 0 Å². The van der Waals surface area contributed by atoms with E-state index in [9.17, 15) is 9.59 Å². The first-order chi connectivity index (χ1) is 10.5. The summed E-state index contributed by atoms with van der Waals surface area (Å²) in [6, 6.07) is 1.99. The van der Waals surface area contributed by atoms with Gasteiger partial charge in [0.2, 0.25) is 0 Å². The van der Waals surface area contributed by atoms with E-state index in [1.165, 1.54) is 29.2 Å². The Morgan fingerprint density at radius 3 is 2.91 bits per heavy atom. The Morgan fingerprint density at radius 1 is 1.41 bits per heavy atom. The predicted molar refractivity (Wildman–Crippen MR) is 85.3 cm³/mol. The van der Waals surface area contributed by atoms with Crippen LogP contribution in [0.15, 0.2) is 17.2 Å². The summed E-state index contributed by atoms with van der Waals surface area (Å²) in [6.07, 6.45) is 1.50. The van der Waals surface area contributed by atoms with Gasteiger partial charge in [0, 0.05) is 18.0 Å². The highest BCUT2D eigenvalue weighted by molar-refractivity contribution is 7.25. The third-order valence-electron chi connectivity index (χ3n) is 3.38. The minimum atomic E-state index is -0.362. The number of thiophene rings is 1. The number of carbonyl (C=O) groups is 1. The summed E-state index contributed by atoms with van der Waals surface area (Å²) in [5.74, 6) is -0.362. The van der Waals surface area contributed by atoms with Gasteiger partial charge in [-0.3, -0.25) is 14.2 Å². The van der Waals surface area contributed by atoms with Crippen molar-refractivity contribution < 1.29 is 9.53 Å². The number of fused-ring (bicyclic) bond motifs is 3. The molecule has 3 heterocycles. The van der Waals surface area contributed by atoms with Crippen LogP contribution in [-0.2, 0) is 16.1 Å². The second-order valence-electron chi connectivity index (χ2n) is 5.12. The second-order valence-corrected chi connectivity index (χ2v) is 6.12. The molecule has 0 saturated carbocycles. The van der Waals surface area contributed by atoms with E-state index in [4.69, 9.17) is 4.74 Å². The topological polar surface area (TPSA) is 74.1 Å². The van der Waals surface area contributed by atoms with Crippen LogP contribution in [0.2, 0.25) is 0 Å². The van der Waals surface area contributed by atoms with Gasteiger partial charge in [0.05, 0.1) is 18.4 Å². The van der Waals surface area contributed by atoms with E-state index in [1.807, 2.05) is 19.9 Å². The molecule has 22 heavy (non-hydrogen) atoms. The van der Waals surface area contributed by atoms with Crippen LogP contribution >= 0.6 is 11.3 Å². The maximum absolute atomic E-state index is 12.5. The van der Waals surface area contributed by atoms with Gasteiger partial charge < -0.3 is 4.74 Å². The number of hydrogen-bond donors (Lipinski definition) is 0. The average molecular weight is 317 g/mol. The number of nitrogens with zero attached hydrogens (tertiary/aromatic N) is 3. The molecule has 0 bridgehead atoms. The predicted octanol–water partition coefficient (Wildman–Crippen LogP) is 2.19. The Bertz CT molecular complexity index is 942. The summed E-state index contributed by atoms with van der Waals surface area (Å²) >= 11 is 1.36. The van der Waals surface area contributed by atoms with Crippen molar-refractivity contribution in [2.24, 2.45) is 0 Å². The number of ether oxygens (including phenoxy) is 1. The highest BCUT2D eigenvalue weighted by Gasteiger charge is 2.14. The number of carbonyl (C=O) groups excluding carboxylic acids is 1. The lowest BCUT2D eigenvalue weighted by atomic mass is 10.1. The van der Waals surface area contributed by atoms with Crippen molar-refractivity contribution in [3.05, 3.63) is 34.0 Å². The van der Waals surface area contributed by atoms with Crippen LogP contribution in [0.5, 0.6) is 0 Å². The first-order valence-electron chi connectivity index (χ1n) is 6.86. The third kappa shape index (κ3) is 2.48. The molecule has 0 atom stereocenters. The first-order valence-corrected chi connectivity index (χ1v) is 7.68. The highest BCUT2D eigenvalue weighted by Crippen LogP contribution is 2.31. The molecule has 0 N–H and O–H groups in total. The Balaban J connectivity index is 2.11. The summed E-state index contributed by atoms with van der Waals surface area (Å²) in [5, 5.41) is 0.940. The minimum absolute atomic E-state index is 0.128. The van der Waals surface area contributed by atoms with Crippen LogP contribution in [0.25, 0.3) is 20.4 Å². The number of hydrogen-bond acceptors (Lipinski definition) is 6. The van der Waals surface area contributed by atoms with Crippen molar-refractivity contribution in [2.75, 3.05) is 6.61 Å². The number of pyridine rings is 1. The van der Waals surface area contributed by atoms with Crippen LogP contribution in [0.3, 0.4) is 0 Å². The average Bonchev–Trinajstić information content (AvgIpc) is 2.80. The molecule has 0 unspecified atom stereocenters. The van der Waals surface area contributed by atoms with Crippen molar-refractivity contribution >= 4 is 37.7 Å². The molecule has 0 saturated heterocycles. The molecule has 114 valence electrons. The zero-order chi connectivity index (χ0) is 15.9. The van der Waals surface area contributed by atoms with Crippen molar-refractivity contribution in [1.29, 1.82) is 0 Å². The smallest absolute Gasteiger partial charge is 0.302 e. The summed E-state index contributed by atoms with van der Waals surface area (Å²) in [6.45, 7) is 5.72. The molecular weight excluding hydrogens is 302 g/mol. The molecule has 3 aromatic heterocycles. The van der Waals surface area contributed by atoms with Crippen molar-refractivity contribution in [3.63, 3.8) is 0 Å². The molecule has 7 heteroatoms. The summed E-state index contributed by atoms with van der Waals surface area (Å²) in [5.41, 5.74) is 2.56. The highest BCUT2D eigenvalue weighted by atomic mass is 32.1. The van der Waals surface area contributed by atoms with E-state index in [2.05, 4.69) is 9.97 Å². The molecule has 0 aliphatic heterocycles. The number of aryl methyl sites for hydroxylation is 2. The van der Waals surface area contributed by atoms with Crippen LogP contribution < -0.4 is 5.56 Å². The molecule has 0 aliphatic carbocycles. The van der Waals surface area contributed by atoms with E-state index in [-0.39, 0.29) is 18.1 Å². The molecule has 3 rings (SSSR count). The normalized spacial score (nSPS) is 11.2. The van der Waals surface area contributed by atoms with Crippen LogP contribution in [-0.4, -0.2) is 27.1 Å². The fourth-order valence-electron chi connectivity index (χ4n) is 2.45. The fraction of sp³-hybridized carbons (Fsp3) is 0.333. The zero-order valence-corrected chi connectivity index (χ0v) is 13.4. The Hall–Kier alpha value is -2.28. The third-order valence-corrected chi connectivity index (χ3v) is 4.44. The van der Waals surface area contributed by atoms with E-state index in [0.29, 0.717) is 16.8 Å². The van der Waals surface area contributed by atoms with E-state index >= 15 is 0 Å². The van der Waals surface area contributed by atoms with E-state index in [0.717, 1.165) is 21.5 Å². The quantitative estimate of drug-likeness (QED) is 0.692. The Kier molecular flexibility index (Phi) is 3.66. The summed E-state index contributed by atoms with van der Waals surface area (Å²) in [7, 11) is 0.